The maximum atomic E-state index is 10.9. The van der Waals surface area contributed by atoms with Crippen LogP contribution in [0.3, 0.4) is 0 Å². The lowest BCUT2D eigenvalue weighted by molar-refractivity contribution is 0.0232. The maximum absolute atomic E-state index is 10.9. The highest BCUT2D eigenvalue weighted by Gasteiger charge is 2.21. The molecule has 1 saturated heterocycles. The lowest BCUT2D eigenvalue weighted by Crippen LogP contribution is -2.33. The molecule has 1 aromatic heterocycles. The van der Waals surface area contributed by atoms with Gasteiger partial charge in [-0.05, 0) is 19.8 Å². The summed E-state index contributed by atoms with van der Waals surface area (Å²) in [5.41, 5.74) is 0.313. The minimum atomic E-state index is 0.178. The number of carbonyl (C=O) groups is 1. The minimum Gasteiger partial charge on any atom is -0.378 e. The molecule has 2 atom stereocenters. The smallest absolute Gasteiger partial charge is 0.156 e. The van der Waals surface area contributed by atoms with Gasteiger partial charge in [-0.2, -0.15) is 0 Å². The van der Waals surface area contributed by atoms with Gasteiger partial charge in [0.1, 0.15) is 17.3 Å². The van der Waals surface area contributed by atoms with Crippen LogP contribution in [0.1, 0.15) is 30.1 Å². The predicted octanol–water partition coefficient (Wildman–Crippen LogP) is 1.92. The first kappa shape index (κ1) is 12.3. The summed E-state index contributed by atoms with van der Waals surface area (Å²) in [5, 5.41) is 3.40. The molecule has 2 rings (SSSR count). The van der Waals surface area contributed by atoms with Gasteiger partial charge in [-0.25, -0.2) is 9.97 Å². The van der Waals surface area contributed by atoms with E-state index in [0.717, 1.165) is 12.8 Å². The Morgan fingerprint density at radius 2 is 2.41 bits per heavy atom. The summed E-state index contributed by atoms with van der Waals surface area (Å²) in [6.07, 6.45) is 4.02. The molecule has 1 aliphatic rings. The molecule has 0 bridgehead atoms. The van der Waals surface area contributed by atoms with Crippen LogP contribution in [-0.2, 0) is 4.74 Å². The Morgan fingerprint density at radius 1 is 1.59 bits per heavy atom. The third-order valence-corrected chi connectivity index (χ3v) is 3.08. The lowest BCUT2D eigenvalue weighted by atomic mass is 10.0. The second-order valence-corrected chi connectivity index (χ2v) is 4.45. The van der Waals surface area contributed by atoms with Crippen molar-refractivity contribution in [2.24, 2.45) is 0 Å². The number of aromatic nitrogens is 2. The van der Waals surface area contributed by atoms with E-state index in [1.54, 1.807) is 0 Å². The molecule has 0 spiro atoms. The zero-order valence-electron chi connectivity index (χ0n) is 9.52. The zero-order chi connectivity index (χ0) is 12.3. The second kappa shape index (κ2) is 5.42. The average Bonchev–Trinajstić information content (AvgIpc) is 2.29. The van der Waals surface area contributed by atoms with E-state index >= 15 is 0 Å². The molecular weight excluding hydrogens is 242 g/mol. The number of hydrogen-bond donors (Lipinski definition) is 1. The molecule has 0 amide bonds. The first-order chi connectivity index (χ1) is 8.20. The molecule has 1 N–H and O–H groups in total. The molecule has 0 aromatic carbocycles. The third kappa shape index (κ3) is 2.92. The van der Waals surface area contributed by atoms with Gasteiger partial charge in [0.25, 0.3) is 0 Å². The monoisotopic (exact) mass is 255 g/mol. The van der Waals surface area contributed by atoms with Crippen molar-refractivity contribution in [3.63, 3.8) is 0 Å². The molecular formula is C11H14ClN3O2. The molecule has 1 fully saturated rings. The van der Waals surface area contributed by atoms with Crippen molar-refractivity contribution in [3.05, 3.63) is 17.0 Å². The fraction of sp³-hybridized carbons (Fsp3) is 0.545. The SMILES string of the molecule is CC1CC(Nc2ncnc(Cl)c2C=O)CCO1. The van der Waals surface area contributed by atoms with Gasteiger partial charge in [-0.1, -0.05) is 11.6 Å². The summed E-state index contributed by atoms with van der Waals surface area (Å²) in [4.78, 5) is 18.8. The van der Waals surface area contributed by atoms with Crippen LogP contribution < -0.4 is 5.32 Å². The van der Waals surface area contributed by atoms with Crippen LogP contribution >= 0.6 is 11.6 Å². The van der Waals surface area contributed by atoms with Crippen LogP contribution in [0.15, 0.2) is 6.33 Å². The summed E-state index contributed by atoms with van der Waals surface area (Å²) in [6.45, 7) is 2.75. The van der Waals surface area contributed by atoms with Crippen LogP contribution in [0.25, 0.3) is 0 Å². The number of nitrogens with one attached hydrogen (secondary N) is 1. The van der Waals surface area contributed by atoms with Crippen molar-refractivity contribution in [2.45, 2.75) is 31.9 Å². The highest BCUT2D eigenvalue weighted by atomic mass is 35.5. The van der Waals surface area contributed by atoms with Gasteiger partial charge >= 0.3 is 0 Å². The highest BCUT2D eigenvalue weighted by molar-refractivity contribution is 6.32. The molecule has 5 nitrogen and oxygen atoms in total. The molecule has 92 valence electrons. The summed E-state index contributed by atoms with van der Waals surface area (Å²) in [6, 6.07) is 0.253. The first-order valence-corrected chi connectivity index (χ1v) is 5.92. The number of aldehydes is 1. The van der Waals surface area contributed by atoms with E-state index in [0.29, 0.717) is 24.3 Å². The second-order valence-electron chi connectivity index (χ2n) is 4.09. The summed E-state index contributed by atoms with van der Waals surface area (Å²) in [7, 11) is 0. The van der Waals surface area contributed by atoms with Gasteiger partial charge in [-0.15, -0.1) is 0 Å². The van der Waals surface area contributed by atoms with Crippen molar-refractivity contribution >= 4 is 23.7 Å². The van der Waals surface area contributed by atoms with Crippen molar-refractivity contribution in [1.29, 1.82) is 0 Å². The Labute approximate surface area is 105 Å². The number of ether oxygens (including phenoxy) is 1. The van der Waals surface area contributed by atoms with E-state index in [2.05, 4.69) is 15.3 Å². The summed E-state index contributed by atoms with van der Waals surface area (Å²) >= 11 is 5.83. The minimum absolute atomic E-state index is 0.178. The van der Waals surface area contributed by atoms with Crippen molar-refractivity contribution < 1.29 is 9.53 Å². The quantitative estimate of drug-likeness (QED) is 0.660. The van der Waals surface area contributed by atoms with Gasteiger partial charge in [0.2, 0.25) is 0 Å². The van der Waals surface area contributed by atoms with Crippen LogP contribution in [0.4, 0.5) is 5.82 Å². The fourth-order valence-electron chi connectivity index (χ4n) is 1.92. The molecule has 0 radical (unpaired) electrons. The first-order valence-electron chi connectivity index (χ1n) is 5.54. The Kier molecular flexibility index (Phi) is 3.91. The van der Waals surface area contributed by atoms with Gasteiger partial charge < -0.3 is 10.1 Å². The molecule has 2 unspecified atom stereocenters. The van der Waals surface area contributed by atoms with Crippen LogP contribution in [0.5, 0.6) is 0 Å². The number of carbonyl (C=O) groups excluding carboxylic acids is 1. The summed E-state index contributed by atoms with van der Waals surface area (Å²) < 4.78 is 5.46. The maximum Gasteiger partial charge on any atom is 0.156 e. The van der Waals surface area contributed by atoms with Gasteiger partial charge in [0.15, 0.2) is 6.29 Å². The number of hydrogen-bond acceptors (Lipinski definition) is 5. The van der Waals surface area contributed by atoms with Gasteiger partial charge in [-0.3, -0.25) is 4.79 Å². The topological polar surface area (TPSA) is 64.1 Å². The number of rotatable bonds is 3. The fourth-order valence-corrected chi connectivity index (χ4v) is 2.09. The number of anilines is 1. The molecule has 0 saturated carbocycles. The van der Waals surface area contributed by atoms with E-state index in [-0.39, 0.29) is 17.3 Å². The molecule has 6 heteroatoms. The Bertz CT molecular complexity index is 414. The largest absolute Gasteiger partial charge is 0.378 e. The lowest BCUT2D eigenvalue weighted by Gasteiger charge is -2.28. The van der Waals surface area contributed by atoms with E-state index in [9.17, 15) is 4.79 Å². The highest BCUT2D eigenvalue weighted by Crippen LogP contribution is 2.22. The van der Waals surface area contributed by atoms with E-state index in [4.69, 9.17) is 16.3 Å². The molecule has 0 aliphatic carbocycles. The standard InChI is InChI=1S/C11H14ClN3O2/c1-7-4-8(2-3-17-7)15-11-9(5-16)10(12)13-6-14-11/h5-8H,2-4H2,1H3,(H,13,14,15). The van der Waals surface area contributed by atoms with Crippen molar-refractivity contribution in [2.75, 3.05) is 11.9 Å². The zero-order valence-corrected chi connectivity index (χ0v) is 10.3. The molecule has 1 aromatic rings. The van der Waals surface area contributed by atoms with E-state index < -0.39 is 0 Å². The molecule has 1 aliphatic heterocycles. The van der Waals surface area contributed by atoms with E-state index in [1.807, 2.05) is 6.92 Å². The van der Waals surface area contributed by atoms with Gasteiger partial charge in [0, 0.05) is 12.6 Å². The van der Waals surface area contributed by atoms with Crippen LogP contribution in [-0.4, -0.2) is 35.0 Å². The Balaban J connectivity index is 2.12. The average molecular weight is 256 g/mol. The van der Waals surface area contributed by atoms with Crippen LogP contribution in [0.2, 0.25) is 5.15 Å². The van der Waals surface area contributed by atoms with Crippen molar-refractivity contribution in [3.8, 4) is 0 Å². The molecule has 17 heavy (non-hydrogen) atoms. The number of halogens is 1. The van der Waals surface area contributed by atoms with E-state index in [1.165, 1.54) is 6.33 Å². The van der Waals surface area contributed by atoms with Crippen molar-refractivity contribution in [1.82, 2.24) is 9.97 Å². The number of nitrogens with zero attached hydrogens (tertiary/aromatic N) is 2. The molecule has 2 heterocycles. The Hall–Kier alpha value is -1.20. The normalized spacial score (nSPS) is 24.4. The Morgan fingerprint density at radius 3 is 3.12 bits per heavy atom. The van der Waals surface area contributed by atoms with Gasteiger partial charge in [0.05, 0.1) is 11.7 Å². The predicted molar refractivity (Wildman–Crippen MR) is 64.5 cm³/mol. The summed E-state index contributed by atoms with van der Waals surface area (Å²) in [5.74, 6) is 0.499. The van der Waals surface area contributed by atoms with Crippen LogP contribution in [0, 0.1) is 0 Å². The third-order valence-electron chi connectivity index (χ3n) is 2.78.